The fraction of sp³-hybridized carbons (Fsp3) is 0.286. The van der Waals surface area contributed by atoms with Crippen molar-refractivity contribution in [2.75, 3.05) is 0 Å². The van der Waals surface area contributed by atoms with E-state index in [4.69, 9.17) is 11.6 Å². The van der Waals surface area contributed by atoms with E-state index in [0.29, 0.717) is 0 Å². The summed E-state index contributed by atoms with van der Waals surface area (Å²) in [5, 5.41) is -0.502. The van der Waals surface area contributed by atoms with Gasteiger partial charge in [-0.3, -0.25) is 0 Å². The molecule has 0 N–H and O–H groups in total. The van der Waals surface area contributed by atoms with E-state index in [1.807, 2.05) is 0 Å². The number of aromatic nitrogens is 1. The third-order valence-electron chi connectivity index (χ3n) is 1.46. The van der Waals surface area contributed by atoms with Gasteiger partial charge in [0.25, 0.3) is 0 Å². The third-order valence-corrected chi connectivity index (χ3v) is 3.06. The summed E-state index contributed by atoms with van der Waals surface area (Å²) in [6, 6.07) is 0. The number of nitrogens with zero attached hydrogens (tertiary/aromatic N) is 1. The average Bonchev–Trinajstić information content (AvgIpc) is 2.08. The molecule has 1 heterocycles. The van der Waals surface area contributed by atoms with E-state index in [1.165, 1.54) is 22.6 Å². The van der Waals surface area contributed by atoms with Crippen LogP contribution in [-0.4, -0.2) is 11.3 Å². The monoisotopic (exact) mass is 391 g/mol. The van der Waals surface area contributed by atoms with Crippen LogP contribution >= 0.6 is 34.2 Å². The molecule has 17 heavy (non-hydrogen) atoms. The molecule has 0 aliphatic carbocycles. The molecule has 1 aromatic rings. The highest BCUT2D eigenvalue weighted by molar-refractivity contribution is 14.1. The maximum Gasteiger partial charge on any atom is 0.573 e. The number of pyridine rings is 1. The summed E-state index contributed by atoms with van der Waals surface area (Å²) in [7, 11) is 0. The minimum atomic E-state index is -5.25. The lowest BCUT2D eigenvalue weighted by Crippen LogP contribution is -2.21. The molecule has 0 amide bonds. The quantitative estimate of drug-likeness (QED) is 0.406. The molecule has 0 bridgehead atoms. The molecule has 1 aromatic heterocycles. The van der Waals surface area contributed by atoms with Gasteiger partial charge in [-0.2, -0.15) is 13.2 Å². The smallest absolute Gasteiger partial charge is 0.404 e. The van der Waals surface area contributed by atoms with Crippen LogP contribution < -0.4 is 4.74 Å². The molecular formula is C7HClF6INO. The number of alkyl halides is 6. The van der Waals surface area contributed by atoms with Crippen molar-refractivity contribution in [3.63, 3.8) is 0 Å². The van der Waals surface area contributed by atoms with Crippen LogP contribution in [0.5, 0.6) is 5.75 Å². The predicted octanol–water partition coefficient (Wildman–Crippen LogP) is 4.26. The molecular weight excluding hydrogens is 390 g/mol. The van der Waals surface area contributed by atoms with E-state index in [0.717, 1.165) is 0 Å². The Morgan fingerprint density at radius 2 is 1.71 bits per heavy atom. The maximum absolute atomic E-state index is 12.4. The molecule has 1 rings (SSSR count). The predicted molar refractivity (Wildman–Crippen MR) is 53.6 cm³/mol. The Balaban J connectivity index is 3.37. The topological polar surface area (TPSA) is 22.1 Å². The SMILES string of the molecule is FC(F)(F)Oc1c(C(F)(F)F)cnc(Cl)c1I. The molecule has 0 fully saturated rings. The van der Waals surface area contributed by atoms with Crippen molar-refractivity contribution in [1.82, 2.24) is 4.98 Å². The lowest BCUT2D eigenvalue weighted by molar-refractivity contribution is -0.276. The molecule has 0 spiro atoms. The van der Waals surface area contributed by atoms with Gasteiger partial charge in [0.05, 0.1) is 3.57 Å². The van der Waals surface area contributed by atoms with Crippen LogP contribution in [0.4, 0.5) is 26.3 Å². The standard InChI is InChI=1S/C7HClF6INO/c8-5-3(15)4(17-7(12,13)14)2(1-16-5)6(9,10)11/h1H. The molecule has 96 valence electrons. The first-order valence-electron chi connectivity index (χ1n) is 3.69. The second-order valence-electron chi connectivity index (χ2n) is 2.65. The van der Waals surface area contributed by atoms with Crippen LogP contribution in [0.15, 0.2) is 6.20 Å². The van der Waals surface area contributed by atoms with Gasteiger partial charge in [0.2, 0.25) is 0 Å². The molecule has 0 saturated carbocycles. The van der Waals surface area contributed by atoms with E-state index in [-0.39, 0.29) is 6.20 Å². The van der Waals surface area contributed by atoms with Crippen molar-refractivity contribution in [3.05, 3.63) is 20.5 Å². The van der Waals surface area contributed by atoms with Crippen LogP contribution in [0.3, 0.4) is 0 Å². The molecule has 10 heteroatoms. The molecule has 0 unspecified atom stereocenters. The molecule has 0 atom stereocenters. The van der Waals surface area contributed by atoms with Crippen LogP contribution in [0.2, 0.25) is 5.15 Å². The summed E-state index contributed by atoms with van der Waals surface area (Å²) in [6.45, 7) is 0. The Hall–Kier alpha value is -0.450. The Labute approximate surface area is 109 Å². The molecule has 0 radical (unpaired) electrons. The van der Waals surface area contributed by atoms with Gasteiger partial charge in [0.15, 0.2) is 5.75 Å². The number of hydrogen-bond acceptors (Lipinski definition) is 2. The van der Waals surface area contributed by atoms with E-state index in [2.05, 4.69) is 9.72 Å². The first kappa shape index (κ1) is 14.6. The normalized spacial score (nSPS) is 12.7. The average molecular weight is 391 g/mol. The first-order valence-corrected chi connectivity index (χ1v) is 5.15. The fourth-order valence-electron chi connectivity index (χ4n) is 0.866. The zero-order valence-corrected chi connectivity index (χ0v) is 10.4. The van der Waals surface area contributed by atoms with Gasteiger partial charge in [-0.25, -0.2) is 4.98 Å². The highest BCUT2D eigenvalue weighted by Crippen LogP contribution is 2.42. The number of halogens is 8. The Morgan fingerprint density at radius 3 is 2.12 bits per heavy atom. The summed E-state index contributed by atoms with van der Waals surface area (Å²) >= 11 is 6.52. The van der Waals surface area contributed by atoms with Gasteiger partial charge in [-0.15, -0.1) is 13.2 Å². The van der Waals surface area contributed by atoms with E-state index in [9.17, 15) is 26.3 Å². The fourth-order valence-corrected chi connectivity index (χ4v) is 1.54. The van der Waals surface area contributed by atoms with Gasteiger partial charge in [-0.05, 0) is 22.6 Å². The molecule has 0 aliphatic heterocycles. The lowest BCUT2D eigenvalue weighted by Gasteiger charge is -2.16. The Kier molecular flexibility index (Phi) is 4.01. The lowest BCUT2D eigenvalue weighted by atomic mass is 10.2. The molecule has 0 aliphatic rings. The van der Waals surface area contributed by atoms with Crippen LogP contribution in [0.25, 0.3) is 0 Å². The number of hydrogen-bond donors (Lipinski definition) is 0. The van der Waals surface area contributed by atoms with E-state index < -0.39 is 32.6 Å². The minimum Gasteiger partial charge on any atom is -0.404 e. The zero-order chi connectivity index (χ0) is 13.4. The first-order chi connectivity index (χ1) is 7.52. The summed E-state index contributed by atoms with van der Waals surface area (Å²) in [4.78, 5) is 3.13. The van der Waals surface area contributed by atoms with Crippen LogP contribution in [-0.2, 0) is 6.18 Å². The Morgan fingerprint density at radius 1 is 1.18 bits per heavy atom. The van der Waals surface area contributed by atoms with Gasteiger partial charge < -0.3 is 4.74 Å². The summed E-state index contributed by atoms with van der Waals surface area (Å²) in [6.07, 6.45) is -10.1. The van der Waals surface area contributed by atoms with E-state index in [1.54, 1.807) is 0 Å². The van der Waals surface area contributed by atoms with Crippen LogP contribution in [0, 0.1) is 3.57 Å². The third kappa shape index (κ3) is 3.76. The summed E-state index contributed by atoms with van der Waals surface area (Å²) in [5.74, 6) is -1.40. The number of rotatable bonds is 1. The van der Waals surface area contributed by atoms with Crippen molar-refractivity contribution in [2.24, 2.45) is 0 Å². The van der Waals surface area contributed by atoms with Crippen molar-refractivity contribution >= 4 is 34.2 Å². The van der Waals surface area contributed by atoms with E-state index >= 15 is 0 Å². The van der Waals surface area contributed by atoms with Gasteiger partial charge in [0, 0.05) is 6.20 Å². The highest BCUT2D eigenvalue weighted by Gasteiger charge is 2.41. The Bertz CT molecular complexity index is 432. The minimum absolute atomic E-state index is 0.186. The van der Waals surface area contributed by atoms with Gasteiger partial charge in [-0.1, -0.05) is 11.6 Å². The zero-order valence-electron chi connectivity index (χ0n) is 7.46. The number of ether oxygens (including phenoxy) is 1. The van der Waals surface area contributed by atoms with Gasteiger partial charge >= 0.3 is 12.5 Å². The van der Waals surface area contributed by atoms with Crippen molar-refractivity contribution < 1.29 is 31.1 Å². The molecule has 2 nitrogen and oxygen atoms in total. The van der Waals surface area contributed by atoms with Crippen molar-refractivity contribution in [1.29, 1.82) is 0 Å². The van der Waals surface area contributed by atoms with Crippen LogP contribution in [0.1, 0.15) is 5.56 Å². The van der Waals surface area contributed by atoms with Gasteiger partial charge in [0.1, 0.15) is 10.7 Å². The summed E-state index contributed by atoms with van der Waals surface area (Å²) in [5.41, 5.74) is -1.64. The van der Waals surface area contributed by atoms with Crippen molar-refractivity contribution in [3.8, 4) is 5.75 Å². The molecule has 0 saturated heterocycles. The highest BCUT2D eigenvalue weighted by atomic mass is 127. The van der Waals surface area contributed by atoms with Crippen molar-refractivity contribution in [2.45, 2.75) is 12.5 Å². The maximum atomic E-state index is 12.4. The second kappa shape index (κ2) is 4.67. The largest absolute Gasteiger partial charge is 0.573 e. The molecule has 0 aromatic carbocycles. The second-order valence-corrected chi connectivity index (χ2v) is 4.09. The summed E-state index contributed by atoms with van der Waals surface area (Å²) < 4.78 is 75.9.